The van der Waals surface area contributed by atoms with Crippen molar-refractivity contribution in [2.75, 3.05) is 13.7 Å². The maximum atomic E-state index is 12.7. The Morgan fingerprint density at radius 1 is 1.22 bits per heavy atom. The van der Waals surface area contributed by atoms with Crippen molar-refractivity contribution < 1.29 is 23.8 Å². The second-order valence-electron chi connectivity index (χ2n) is 5.37. The summed E-state index contributed by atoms with van der Waals surface area (Å²) in [7, 11) is 1.60. The standard InChI is InChI=1S/C17H17NO5/c1-22-13-7-3-2-5-11(13)12-6-4-10-18(12)16(19)14-8-9-15(23-14)17(20)21/h2-3,5,7-9,12H,4,6,10H2,1H3,(H,20,21)/t12-/m1/s1. The molecule has 0 spiro atoms. The fourth-order valence-corrected chi connectivity index (χ4v) is 2.98. The van der Waals surface area contributed by atoms with Gasteiger partial charge in [-0.15, -0.1) is 0 Å². The van der Waals surface area contributed by atoms with E-state index in [0.29, 0.717) is 6.54 Å². The van der Waals surface area contributed by atoms with Crippen LogP contribution >= 0.6 is 0 Å². The van der Waals surface area contributed by atoms with E-state index >= 15 is 0 Å². The second kappa shape index (κ2) is 6.16. The van der Waals surface area contributed by atoms with Crippen LogP contribution in [0.1, 0.15) is 45.6 Å². The SMILES string of the molecule is COc1ccccc1[C@H]1CCCN1C(=O)c1ccc(C(=O)O)o1. The van der Waals surface area contributed by atoms with Gasteiger partial charge in [0.15, 0.2) is 5.76 Å². The largest absolute Gasteiger partial charge is 0.496 e. The summed E-state index contributed by atoms with van der Waals surface area (Å²) in [6.07, 6.45) is 1.71. The molecule has 1 aromatic heterocycles. The first kappa shape index (κ1) is 15.1. The van der Waals surface area contributed by atoms with Crippen molar-refractivity contribution in [3.05, 3.63) is 53.5 Å². The summed E-state index contributed by atoms with van der Waals surface area (Å²) < 4.78 is 10.5. The van der Waals surface area contributed by atoms with Crippen molar-refractivity contribution in [1.29, 1.82) is 0 Å². The number of nitrogens with zero attached hydrogens (tertiary/aromatic N) is 1. The molecule has 0 saturated carbocycles. The van der Waals surface area contributed by atoms with Crippen LogP contribution in [-0.2, 0) is 0 Å². The minimum absolute atomic E-state index is 0.0456. The number of hydrogen-bond acceptors (Lipinski definition) is 4. The number of likely N-dealkylation sites (tertiary alicyclic amines) is 1. The number of carbonyl (C=O) groups excluding carboxylic acids is 1. The van der Waals surface area contributed by atoms with E-state index in [9.17, 15) is 9.59 Å². The summed E-state index contributed by atoms with van der Waals surface area (Å²) in [6, 6.07) is 10.2. The molecule has 1 saturated heterocycles. The van der Waals surface area contributed by atoms with Crippen molar-refractivity contribution in [1.82, 2.24) is 4.90 Å². The number of benzene rings is 1. The molecule has 0 bridgehead atoms. The highest BCUT2D eigenvalue weighted by Crippen LogP contribution is 2.37. The predicted molar refractivity (Wildman–Crippen MR) is 81.7 cm³/mol. The van der Waals surface area contributed by atoms with Gasteiger partial charge in [-0.05, 0) is 31.0 Å². The van der Waals surface area contributed by atoms with Crippen molar-refractivity contribution in [3.8, 4) is 5.75 Å². The Morgan fingerprint density at radius 2 is 1.96 bits per heavy atom. The molecule has 1 fully saturated rings. The molecule has 1 atom stereocenters. The molecule has 3 rings (SSSR count). The maximum absolute atomic E-state index is 12.7. The highest BCUT2D eigenvalue weighted by Gasteiger charge is 2.33. The van der Waals surface area contributed by atoms with Crippen molar-refractivity contribution in [2.45, 2.75) is 18.9 Å². The summed E-state index contributed by atoms with van der Waals surface area (Å²) >= 11 is 0. The van der Waals surface area contributed by atoms with Gasteiger partial charge in [0.1, 0.15) is 5.75 Å². The molecule has 6 heteroatoms. The van der Waals surface area contributed by atoms with Gasteiger partial charge >= 0.3 is 5.97 Å². The monoisotopic (exact) mass is 315 g/mol. The van der Waals surface area contributed by atoms with E-state index in [1.807, 2.05) is 24.3 Å². The number of para-hydroxylation sites is 1. The van der Waals surface area contributed by atoms with Crippen LogP contribution in [0.2, 0.25) is 0 Å². The molecule has 1 aliphatic rings. The number of rotatable bonds is 4. The van der Waals surface area contributed by atoms with Crippen LogP contribution in [0.5, 0.6) is 5.75 Å². The molecule has 6 nitrogen and oxygen atoms in total. The van der Waals surface area contributed by atoms with Crippen LogP contribution in [-0.4, -0.2) is 35.5 Å². The highest BCUT2D eigenvalue weighted by atomic mass is 16.5. The quantitative estimate of drug-likeness (QED) is 0.938. The number of amides is 1. The van der Waals surface area contributed by atoms with Gasteiger partial charge in [0, 0.05) is 12.1 Å². The van der Waals surface area contributed by atoms with E-state index in [2.05, 4.69) is 0 Å². The molecule has 0 unspecified atom stereocenters. The number of carboxylic acid groups (broad SMARTS) is 1. The van der Waals surface area contributed by atoms with E-state index in [-0.39, 0.29) is 23.5 Å². The third-order valence-electron chi connectivity index (χ3n) is 4.04. The molecule has 1 aliphatic heterocycles. The lowest BCUT2D eigenvalue weighted by Gasteiger charge is -2.25. The average Bonchev–Trinajstić information content (AvgIpc) is 3.23. The number of furan rings is 1. The average molecular weight is 315 g/mol. The first-order chi connectivity index (χ1) is 11.1. The predicted octanol–water partition coefficient (Wildman–Crippen LogP) is 2.96. The zero-order chi connectivity index (χ0) is 16.4. The lowest BCUT2D eigenvalue weighted by molar-refractivity contribution is 0.0645. The molecule has 120 valence electrons. The maximum Gasteiger partial charge on any atom is 0.371 e. The zero-order valence-electron chi connectivity index (χ0n) is 12.7. The Labute approximate surface area is 133 Å². The molecule has 1 N–H and O–H groups in total. The van der Waals surface area contributed by atoms with Gasteiger partial charge in [-0.2, -0.15) is 0 Å². The van der Waals surface area contributed by atoms with E-state index in [1.165, 1.54) is 12.1 Å². The number of carbonyl (C=O) groups is 2. The Balaban J connectivity index is 1.88. The van der Waals surface area contributed by atoms with Crippen LogP contribution in [0.15, 0.2) is 40.8 Å². The Morgan fingerprint density at radius 3 is 2.65 bits per heavy atom. The Hall–Kier alpha value is -2.76. The minimum atomic E-state index is -1.19. The number of ether oxygens (including phenoxy) is 1. The van der Waals surface area contributed by atoms with Gasteiger partial charge in [-0.3, -0.25) is 4.79 Å². The molecular weight excluding hydrogens is 298 g/mol. The van der Waals surface area contributed by atoms with E-state index < -0.39 is 5.97 Å². The van der Waals surface area contributed by atoms with E-state index in [4.69, 9.17) is 14.3 Å². The molecule has 2 heterocycles. The summed E-state index contributed by atoms with van der Waals surface area (Å²) in [5.41, 5.74) is 0.950. The first-order valence-electron chi connectivity index (χ1n) is 7.39. The number of methoxy groups -OCH3 is 1. The summed E-state index contributed by atoms with van der Waals surface area (Å²) in [5, 5.41) is 8.91. The molecular formula is C17H17NO5. The lowest BCUT2D eigenvalue weighted by atomic mass is 10.0. The van der Waals surface area contributed by atoms with Crippen molar-refractivity contribution >= 4 is 11.9 Å². The third-order valence-corrected chi connectivity index (χ3v) is 4.04. The van der Waals surface area contributed by atoms with Crippen molar-refractivity contribution in [2.24, 2.45) is 0 Å². The van der Waals surface area contributed by atoms with Crippen LogP contribution < -0.4 is 4.74 Å². The van der Waals surface area contributed by atoms with Crippen LogP contribution in [0.3, 0.4) is 0 Å². The molecule has 0 radical (unpaired) electrons. The van der Waals surface area contributed by atoms with Crippen LogP contribution in [0.25, 0.3) is 0 Å². The van der Waals surface area contributed by atoms with Crippen LogP contribution in [0, 0.1) is 0 Å². The number of carboxylic acids is 1. The smallest absolute Gasteiger partial charge is 0.371 e. The van der Waals surface area contributed by atoms with E-state index in [1.54, 1.807) is 12.0 Å². The Bertz CT molecular complexity index is 736. The zero-order valence-corrected chi connectivity index (χ0v) is 12.7. The highest BCUT2D eigenvalue weighted by molar-refractivity contribution is 5.94. The van der Waals surface area contributed by atoms with Gasteiger partial charge in [-0.25, -0.2) is 4.79 Å². The fraction of sp³-hybridized carbons (Fsp3) is 0.294. The molecule has 1 amide bonds. The third kappa shape index (κ3) is 2.79. The Kier molecular flexibility index (Phi) is 4.06. The number of aromatic carboxylic acids is 1. The summed E-state index contributed by atoms with van der Waals surface area (Å²) in [5.74, 6) is -0.939. The van der Waals surface area contributed by atoms with E-state index in [0.717, 1.165) is 24.2 Å². The first-order valence-corrected chi connectivity index (χ1v) is 7.39. The summed E-state index contributed by atoms with van der Waals surface area (Å²) in [6.45, 7) is 0.602. The lowest BCUT2D eigenvalue weighted by Crippen LogP contribution is -2.30. The molecule has 2 aromatic rings. The van der Waals surface area contributed by atoms with Gasteiger partial charge in [0.2, 0.25) is 5.76 Å². The molecule has 23 heavy (non-hydrogen) atoms. The van der Waals surface area contributed by atoms with Crippen molar-refractivity contribution in [3.63, 3.8) is 0 Å². The number of hydrogen-bond donors (Lipinski definition) is 1. The normalized spacial score (nSPS) is 17.3. The summed E-state index contributed by atoms with van der Waals surface area (Å²) in [4.78, 5) is 25.3. The van der Waals surface area contributed by atoms with Crippen LogP contribution in [0.4, 0.5) is 0 Å². The minimum Gasteiger partial charge on any atom is -0.496 e. The van der Waals surface area contributed by atoms with Gasteiger partial charge in [0.05, 0.1) is 13.2 Å². The van der Waals surface area contributed by atoms with Gasteiger partial charge in [-0.1, -0.05) is 18.2 Å². The topological polar surface area (TPSA) is 80.0 Å². The molecule has 0 aliphatic carbocycles. The second-order valence-corrected chi connectivity index (χ2v) is 5.37. The van der Waals surface area contributed by atoms with Gasteiger partial charge in [0.25, 0.3) is 5.91 Å². The fourth-order valence-electron chi connectivity index (χ4n) is 2.98. The molecule has 1 aromatic carbocycles. The van der Waals surface area contributed by atoms with Gasteiger partial charge < -0.3 is 19.2 Å².